The quantitative estimate of drug-likeness (QED) is 0.450. The van der Waals surface area contributed by atoms with Gasteiger partial charge in [0.05, 0.1) is 23.3 Å². The van der Waals surface area contributed by atoms with Gasteiger partial charge in [-0.15, -0.1) is 0 Å². The lowest BCUT2D eigenvalue weighted by Crippen LogP contribution is -2.28. The highest BCUT2D eigenvalue weighted by Crippen LogP contribution is 2.28. The van der Waals surface area contributed by atoms with Gasteiger partial charge in [0.15, 0.2) is 11.6 Å². The molecule has 1 aromatic carbocycles. The Morgan fingerprint density at radius 3 is 2.38 bits per heavy atom. The van der Waals surface area contributed by atoms with Crippen LogP contribution in [0.4, 0.5) is 14.5 Å². The fourth-order valence-electron chi connectivity index (χ4n) is 1.55. The van der Waals surface area contributed by atoms with Crippen LogP contribution in [0.1, 0.15) is 13.8 Å². The first kappa shape index (κ1) is 17.6. The maximum absolute atomic E-state index is 13.6. The summed E-state index contributed by atoms with van der Waals surface area (Å²) in [4.78, 5) is 9.37. The maximum Gasteiger partial charge on any atom is 0.307 e. The fourth-order valence-corrected chi connectivity index (χ4v) is 3.45. The number of ether oxygens (including phenoxy) is 1. The monoisotopic (exact) mass is 343 g/mol. The van der Waals surface area contributed by atoms with Gasteiger partial charge in [-0.2, -0.15) is 4.39 Å². The van der Waals surface area contributed by atoms with Crippen LogP contribution in [-0.4, -0.2) is 25.7 Å². The molecule has 0 saturated carbocycles. The molecule has 0 fully saturated rings. The summed E-state index contributed by atoms with van der Waals surface area (Å²) in [7, 11) is 1.33. The van der Waals surface area contributed by atoms with E-state index in [2.05, 4.69) is 0 Å². The molecular formula is C11H12ClF2NO5S. The van der Waals surface area contributed by atoms with Gasteiger partial charge >= 0.3 is 5.69 Å². The predicted molar refractivity (Wildman–Crippen MR) is 71.9 cm³/mol. The second-order valence-electron chi connectivity index (χ2n) is 5.13. The Kier molecular flexibility index (Phi) is 5.11. The maximum atomic E-state index is 13.6. The van der Waals surface area contributed by atoms with E-state index in [1.54, 1.807) is 0 Å². The average molecular weight is 344 g/mol. The van der Waals surface area contributed by atoms with Gasteiger partial charge in [0.1, 0.15) is 0 Å². The summed E-state index contributed by atoms with van der Waals surface area (Å²) in [6.45, 7) is 2.74. The molecule has 0 saturated heterocycles. The Bertz CT molecular complexity index is 663. The van der Waals surface area contributed by atoms with Gasteiger partial charge in [0, 0.05) is 22.2 Å². The van der Waals surface area contributed by atoms with Gasteiger partial charge in [-0.1, -0.05) is 13.8 Å². The second kappa shape index (κ2) is 6.10. The molecule has 0 N–H and O–H groups in total. The van der Waals surface area contributed by atoms with Crippen LogP contribution in [0.25, 0.3) is 0 Å². The van der Waals surface area contributed by atoms with Crippen LogP contribution in [0.5, 0.6) is 5.75 Å². The molecule has 0 bridgehead atoms. The zero-order chi connectivity index (χ0) is 16.4. The minimum Gasteiger partial charge on any atom is -0.490 e. The first-order valence-corrected chi connectivity index (χ1v) is 8.08. The Balaban J connectivity index is 2.90. The smallest absolute Gasteiger partial charge is 0.307 e. The lowest BCUT2D eigenvalue weighted by molar-refractivity contribution is -0.387. The molecule has 0 aromatic heterocycles. The van der Waals surface area contributed by atoms with Crippen molar-refractivity contribution in [2.45, 2.75) is 13.8 Å². The summed E-state index contributed by atoms with van der Waals surface area (Å²) in [5.41, 5.74) is -1.96. The lowest BCUT2D eigenvalue weighted by atomic mass is 9.98. The first-order chi connectivity index (χ1) is 9.41. The van der Waals surface area contributed by atoms with Crippen molar-refractivity contribution in [1.29, 1.82) is 0 Å². The number of nitro groups is 1. The molecule has 1 rings (SSSR count). The molecule has 10 heteroatoms. The van der Waals surface area contributed by atoms with E-state index in [-0.39, 0.29) is 6.61 Å². The first-order valence-electron chi connectivity index (χ1n) is 5.60. The minimum atomic E-state index is -3.79. The number of nitro benzene ring substituents is 1. The van der Waals surface area contributed by atoms with Crippen molar-refractivity contribution in [1.82, 2.24) is 0 Å². The normalized spacial score (nSPS) is 12.2. The van der Waals surface area contributed by atoms with E-state index >= 15 is 0 Å². The minimum absolute atomic E-state index is 0.271. The van der Waals surface area contributed by atoms with Gasteiger partial charge in [0.2, 0.25) is 14.9 Å². The van der Waals surface area contributed by atoms with Crippen LogP contribution in [-0.2, 0) is 9.05 Å². The Hall–Kier alpha value is -1.48. The number of rotatable bonds is 6. The molecule has 118 valence electrons. The number of nitrogens with zero attached hydrogens (tertiary/aromatic N) is 1. The van der Waals surface area contributed by atoms with E-state index in [1.165, 1.54) is 13.8 Å². The molecule has 1 aromatic rings. The summed E-state index contributed by atoms with van der Waals surface area (Å²) >= 11 is 0. The highest BCUT2D eigenvalue weighted by atomic mass is 35.7. The molecule has 0 unspecified atom stereocenters. The SMILES string of the molecule is CC(C)(COc1cc(F)c([N+](=O)[O-])cc1F)CS(=O)(=O)Cl. The predicted octanol–water partition coefficient (Wildman–Crippen LogP) is 2.85. The highest BCUT2D eigenvalue weighted by Gasteiger charge is 2.27. The van der Waals surface area contributed by atoms with Gasteiger partial charge in [-0.25, -0.2) is 12.8 Å². The summed E-state index contributed by atoms with van der Waals surface area (Å²) in [5, 5.41) is 10.4. The van der Waals surface area contributed by atoms with Crippen LogP contribution < -0.4 is 4.74 Å². The van der Waals surface area contributed by atoms with E-state index in [4.69, 9.17) is 15.4 Å². The Morgan fingerprint density at radius 2 is 1.90 bits per heavy atom. The van der Waals surface area contributed by atoms with Gasteiger partial charge < -0.3 is 4.74 Å². The van der Waals surface area contributed by atoms with Gasteiger partial charge in [-0.3, -0.25) is 10.1 Å². The zero-order valence-electron chi connectivity index (χ0n) is 11.1. The van der Waals surface area contributed by atoms with Crippen molar-refractivity contribution >= 4 is 25.4 Å². The fraction of sp³-hybridized carbons (Fsp3) is 0.455. The third-order valence-electron chi connectivity index (χ3n) is 2.38. The van der Waals surface area contributed by atoms with E-state index in [0.29, 0.717) is 12.1 Å². The van der Waals surface area contributed by atoms with Gasteiger partial charge in [-0.05, 0) is 0 Å². The molecule has 0 amide bonds. The van der Waals surface area contributed by atoms with Crippen molar-refractivity contribution in [3.8, 4) is 5.75 Å². The molecular weight excluding hydrogens is 332 g/mol. The molecule has 21 heavy (non-hydrogen) atoms. The van der Waals surface area contributed by atoms with E-state index < -0.39 is 48.2 Å². The Labute approximate surface area is 124 Å². The molecule has 6 nitrogen and oxygen atoms in total. The van der Waals surface area contributed by atoms with Crippen LogP contribution in [0.15, 0.2) is 12.1 Å². The van der Waals surface area contributed by atoms with Crippen LogP contribution in [0, 0.1) is 27.2 Å². The van der Waals surface area contributed by atoms with Gasteiger partial charge in [0.25, 0.3) is 0 Å². The van der Waals surface area contributed by atoms with Crippen LogP contribution in [0.3, 0.4) is 0 Å². The third kappa shape index (κ3) is 5.43. The van der Waals surface area contributed by atoms with E-state index in [1.807, 2.05) is 0 Å². The standard InChI is InChI=1S/C11H12ClF2NO5S/c1-11(2,6-21(12,18)19)5-20-10-4-7(13)9(15(16)17)3-8(10)14/h3-4H,5-6H2,1-2H3. The van der Waals surface area contributed by atoms with Crippen molar-refractivity contribution < 1.29 is 26.9 Å². The number of hydrogen-bond acceptors (Lipinski definition) is 5. The molecule has 0 heterocycles. The molecule has 0 spiro atoms. The van der Waals surface area contributed by atoms with Crippen LogP contribution in [0.2, 0.25) is 0 Å². The van der Waals surface area contributed by atoms with Crippen molar-refractivity contribution in [2.24, 2.45) is 5.41 Å². The second-order valence-corrected chi connectivity index (χ2v) is 7.90. The van der Waals surface area contributed by atoms with Crippen molar-refractivity contribution in [2.75, 3.05) is 12.4 Å². The molecule has 0 aliphatic carbocycles. The largest absolute Gasteiger partial charge is 0.490 e. The lowest BCUT2D eigenvalue weighted by Gasteiger charge is -2.23. The summed E-state index contributed by atoms with van der Waals surface area (Å²) < 4.78 is 53.9. The van der Waals surface area contributed by atoms with Crippen molar-refractivity contribution in [3.05, 3.63) is 33.9 Å². The number of halogens is 3. The molecule has 0 aliphatic heterocycles. The van der Waals surface area contributed by atoms with Crippen molar-refractivity contribution in [3.63, 3.8) is 0 Å². The molecule has 0 aliphatic rings. The zero-order valence-corrected chi connectivity index (χ0v) is 12.7. The molecule has 0 atom stereocenters. The third-order valence-corrected chi connectivity index (χ3v) is 3.83. The Morgan fingerprint density at radius 1 is 1.33 bits per heavy atom. The summed E-state index contributed by atoms with van der Waals surface area (Å²) in [6.07, 6.45) is 0. The summed E-state index contributed by atoms with van der Waals surface area (Å²) in [6, 6.07) is 0.939. The molecule has 0 radical (unpaired) electrons. The topological polar surface area (TPSA) is 86.5 Å². The average Bonchev–Trinajstić information content (AvgIpc) is 2.26. The number of hydrogen-bond donors (Lipinski definition) is 0. The van der Waals surface area contributed by atoms with Crippen LogP contribution >= 0.6 is 10.7 Å². The van der Waals surface area contributed by atoms with E-state index in [9.17, 15) is 27.3 Å². The number of benzene rings is 1. The highest BCUT2D eigenvalue weighted by molar-refractivity contribution is 8.13. The summed E-state index contributed by atoms with van der Waals surface area (Å²) in [5.74, 6) is -3.34. The van der Waals surface area contributed by atoms with E-state index in [0.717, 1.165) is 0 Å².